The molecule has 0 aliphatic carbocycles. The van der Waals surface area contributed by atoms with Crippen LogP contribution in [0.25, 0.3) is 0 Å². The molecule has 0 saturated carbocycles. The SMILES string of the molecule is c1cnc(CNC2CN3CCC2CC3)nc1. The topological polar surface area (TPSA) is 41.1 Å². The largest absolute Gasteiger partial charge is 0.305 e. The molecule has 4 nitrogen and oxygen atoms in total. The molecule has 0 spiro atoms. The van der Waals surface area contributed by atoms with Gasteiger partial charge in [-0.05, 0) is 37.9 Å². The zero-order valence-electron chi connectivity index (χ0n) is 9.47. The van der Waals surface area contributed by atoms with Crippen LogP contribution in [0.4, 0.5) is 0 Å². The summed E-state index contributed by atoms with van der Waals surface area (Å²) >= 11 is 0. The molecule has 3 aliphatic rings. The molecule has 3 fully saturated rings. The average Bonchev–Trinajstić information content (AvgIpc) is 2.39. The van der Waals surface area contributed by atoms with Crippen molar-refractivity contribution < 1.29 is 0 Å². The molecular formula is C12H18N4. The first-order valence-corrected chi connectivity index (χ1v) is 6.13. The van der Waals surface area contributed by atoms with Crippen molar-refractivity contribution in [2.24, 2.45) is 5.92 Å². The van der Waals surface area contributed by atoms with E-state index < -0.39 is 0 Å². The number of piperidine rings is 3. The van der Waals surface area contributed by atoms with E-state index in [-0.39, 0.29) is 0 Å². The van der Waals surface area contributed by atoms with Gasteiger partial charge in [-0.2, -0.15) is 0 Å². The van der Waals surface area contributed by atoms with Crippen LogP contribution >= 0.6 is 0 Å². The first kappa shape index (κ1) is 10.2. The lowest BCUT2D eigenvalue weighted by molar-refractivity contribution is 0.0717. The molecule has 1 atom stereocenters. The number of hydrogen-bond donors (Lipinski definition) is 1. The normalized spacial score (nSPS) is 32.9. The minimum atomic E-state index is 0.645. The molecule has 16 heavy (non-hydrogen) atoms. The zero-order valence-corrected chi connectivity index (χ0v) is 9.47. The fraction of sp³-hybridized carbons (Fsp3) is 0.667. The van der Waals surface area contributed by atoms with Crippen molar-refractivity contribution >= 4 is 0 Å². The van der Waals surface area contributed by atoms with Gasteiger partial charge in [-0.25, -0.2) is 9.97 Å². The van der Waals surface area contributed by atoms with E-state index in [4.69, 9.17) is 0 Å². The van der Waals surface area contributed by atoms with Gasteiger partial charge >= 0.3 is 0 Å². The molecule has 1 aromatic rings. The van der Waals surface area contributed by atoms with Crippen molar-refractivity contribution in [2.75, 3.05) is 19.6 Å². The highest BCUT2D eigenvalue weighted by Crippen LogP contribution is 2.27. The summed E-state index contributed by atoms with van der Waals surface area (Å²) in [6.45, 7) is 4.60. The molecule has 4 heterocycles. The van der Waals surface area contributed by atoms with Gasteiger partial charge in [-0.1, -0.05) is 0 Å². The number of fused-ring (bicyclic) bond motifs is 3. The van der Waals surface area contributed by atoms with Gasteiger partial charge in [-0.3, -0.25) is 0 Å². The monoisotopic (exact) mass is 218 g/mol. The van der Waals surface area contributed by atoms with Gasteiger partial charge in [0.25, 0.3) is 0 Å². The molecule has 2 bridgehead atoms. The lowest BCUT2D eigenvalue weighted by atomic mass is 9.84. The number of nitrogens with zero attached hydrogens (tertiary/aromatic N) is 3. The molecule has 4 rings (SSSR count). The van der Waals surface area contributed by atoms with Crippen molar-refractivity contribution in [3.63, 3.8) is 0 Å². The number of hydrogen-bond acceptors (Lipinski definition) is 4. The van der Waals surface area contributed by atoms with Gasteiger partial charge in [-0.15, -0.1) is 0 Å². The van der Waals surface area contributed by atoms with Crippen LogP contribution in [0.5, 0.6) is 0 Å². The van der Waals surface area contributed by atoms with Crippen LogP contribution in [0.15, 0.2) is 18.5 Å². The molecular weight excluding hydrogens is 200 g/mol. The van der Waals surface area contributed by atoms with E-state index in [1.165, 1.54) is 32.5 Å². The Hall–Kier alpha value is -1.00. The Morgan fingerprint density at radius 2 is 2.00 bits per heavy atom. The van der Waals surface area contributed by atoms with Crippen molar-refractivity contribution in [1.82, 2.24) is 20.2 Å². The summed E-state index contributed by atoms with van der Waals surface area (Å²) in [5.74, 6) is 1.77. The minimum absolute atomic E-state index is 0.645. The van der Waals surface area contributed by atoms with Crippen LogP contribution in [0.2, 0.25) is 0 Å². The predicted octanol–water partition coefficient (Wildman–Crippen LogP) is 0.660. The smallest absolute Gasteiger partial charge is 0.141 e. The fourth-order valence-electron chi connectivity index (χ4n) is 2.84. The summed E-state index contributed by atoms with van der Waals surface area (Å²) in [6, 6.07) is 2.50. The second-order valence-electron chi connectivity index (χ2n) is 4.79. The Bertz CT molecular complexity index is 332. The molecule has 86 valence electrons. The molecule has 3 aliphatic heterocycles. The quantitative estimate of drug-likeness (QED) is 0.809. The molecule has 1 aromatic heterocycles. The third-order valence-electron chi connectivity index (χ3n) is 3.80. The van der Waals surface area contributed by atoms with Crippen molar-refractivity contribution in [3.8, 4) is 0 Å². The second kappa shape index (κ2) is 4.47. The van der Waals surface area contributed by atoms with Crippen LogP contribution in [-0.2, 0) is 6.54 Å². The van der Waals surface area contributed by atoms with Crippen molar-refractivity contribution in [2.45, 2.75) is 25.4 Å². The predicted molar refractivity (Wildman–Crippen MR) is 61.8 cm³/mol. The summed E-state index contributed by atoms with van der Waals surface area (Å²) in [7, 11) is 0. The zero-order chi connectivity index (χ0) is 10.8. The molecule has 1 unspecified atom stereocenters. The van der Waals surface area contributed by atoms with Crippen LogP contribution < -0.4 is 5.32 Å². The molecule has 0 amide bonds. The maximum atomic E-state index is 4.24. The first-order chi connectivity index (χ1) is 7.92. The Labute approximate surface area is 96.1 Å². The van der Waals surface area contributed by atoms with Gasteiger partial charge < -0.3 is 10.2 Å². The minimum Gasteiger partial charge on any atom is -0.305 e. The second-order valence-corrected chi connectivity index (χ2v) is 4.79. The van der Waals surface area contributed by atoms with E-state index in [9.17, 15) is 0 Å². The highest BCUT2D eigenvalue weighted by molar-refractivity contribution is 4.93. The van der Waals surface area contributed by atoms with Gasteiger partial charge in [0.1, 0.15) is 5.82 Å². The van der Waals surface area contributed by atoms with E-state index in [1.54, 1.807) is 12.4 Å². The number of aromatic nitrogens is 2. The van der Waals surface area contributed by atoms with E-state index in [2.05, 4.69) is 20.2 Å². The lowest BCUT2D eigenvalue weighted by Crippen LogP contribution is -2.55. The van der Waals surface area contributed by atoms with E-state index in [1.807, 2.05) is 6.07 Å². The van der Waals surface area contributed by atoms with E-state index in [0.717, 1.165) is 18.3 Å². The maximum absolute atomic E-state index is 4.24. The maximum Gasteiger partial charge on any atom is 0.141 e. The molecule has 4 heteroatoms. The van der Waals surface area contributed by atoms with Crippen LogP contribution in [0.1, 0.15) is 18.7 Å². The van der Waals surface area contributed by atoms with Gasteiger partial charge in [0.15, 0.2) is 0 Å². The summed E-state index contributed by atoms with van der Waals surface area (Å²) in [5.41, 5.74) is 0. The van der Waals surface area contributed by atoms with E-state index in [0.29, 0.717) is 6.04 Å². The molecule has 0 aromatic carbocycles. The Morgan fingerprint density at radius 3 is 2.62 bits per heavy atom. The summed E-state index contributed by atoms with van der Waals surface area (Å²) < 4.78 is 0. The third-order valence-corrected chi connectivity index (χ3v) is 3.80. The van der Waals surface area contributed by atoms with Gasteiger partial charge in [0.05, 0.1) is 6.54 Å². The van der Waals surface area contributed by atoms with Crippen molar-refractivity contribution in [1.29, 1.82) is 0 Å². The Kier molecular flexibility index (Phi) is 2.84. The summed E-state index contributed by atoms with van der Waals surface area (Å²) in [5, 5.41) is 3.60. The number of nitrogens with one attached hydrogen (secondary N) is 1. The van der Waals surface area contributed by atoms with Crippen molar-refractivity contribution in [3.05, 3.63) is 24.3 Å². The van der Waals surface area contributed by atoms with Gasteiger partial charge in [0.2, 0.25) is 0 Å². The number of rotatable bonds is 3. The molecule has 3 saturated heterocycles. The Balaban J connectivity index is 1.56. The third kappa shape index (κ3) is 2.08. The van der Waals surface area contributed by atoms with Crippen LogP contribution in [-0.4, -0.2) is 40.5 Å². The summed E-state index contributed by atoms with van der Waals surface area (Å²) in [6.07, 6.45) is 6.32. The van der Waals surface area contributed by atoms with Crippen LogP contribution in [0, 0.1) is 5.92 Å². The summed E-state index contributed by atoms with van der Waals surface area (Å²) in [4.78, 5) is 11.0. The highest BCUT2D eigenvalue weighted by atomic mass is 15.2. The molecule has 0 radical (unpaired) electrons. The standard InChI is InChI=1S/C12H18N4/c1-4-13-12(14-5-1)8-15-11-9-16-6-2-10(11)3-7-16/h1,4-5,10-11,15H,2-3,6-9H2. The average molecular weight is 218 g/mol. The highest BCUT2D eigenvalue weighted by Gasteiger charge is 2.33. The van der Waals surface area contributed by atoms with Crippen LogP contribution in [0.3, 0.4) is 0 Å². The van der Waals surface area contributed by atoms with E-state index >= 15 is 0 Å². The molecule has 1 N–H and O–H groups in total. The van der Waals surface area contributed by atoms with Gasteiger partial charge in [0, 0.05) is 25.0 Å². The first-order valence-electron chi connectivity index (χ1n) is 6.13. The fourth-order valence-corrected chi connectivity index (χ4v) is 2.84. The Morgan fingerprint density at radius 1 is 1.25 bits per heavy atom. The lowest BCUT2D eigenvalue weighted by Gasteiger charge is -2.45.